The Morgan fingerprint density at radius 2 is 2.00 bits per heavy atom. The Morgan fingerprint density at radius 3 is 2.56 bits per heavy atom. The van der Waals surface area contributed by atoms with Crippen LogP contribution in [0.4, 0.5) is 0 Å². The highest BCUT2D eigenvalue weighted by Crippen LogP contribution is 2.21. The van der Waals surface area contributed by atoms with Gasteiger partial charge in [0.1, 0.15) is 11.9 Å². The van der Waals surface area contributed by atoms with Gasteiger partial charge in [0.15, 0.2) is 0 Å². The molecule has 0 bridgehead atoms. The summed E-state index contributed by atoms with van der Waals surface area (Å²) in [5.41, 5.74) is 0. The second-order valence-corrected chi connectivity index (χ2v) is 6.20. The van der Waals surface area contributed by atoms with Gasteiger partial charge in [0.05, 0.1) is 4.90 Å². The zero-order valence-corrected chi connectivity index (χ0v) is 11.1. The van der Waals surface area contributed by atoms with Crippen molar-refractivity contribution in [2.24, 2.45) is 11.1 Å². The smallest absolute Gasteiger partial charge is 0.238 e. The first-order chi connectivity index (χ1) is 8.47. The summed E-state index contributed by atoms with van der Waals surface area (Å²) >= 11 is 0. The zero-order chi connectivity index (χ0) is 13.2. The van der Waals surface area contributed by atoms with Gasteiger partial charge in [0, 0.05) is 6.54 Å². The third-order valence-electron chi connectivity index (χ3n) is 3.20. The van der Waals surface area contributed by atoms with Crippen molar-refractivity contribution < 1.29 is 13.2 Å². The van der Waals surface area contributed by atoms with E-state index in [9.17, 15) is 8.42 Å². The zero-order valence-electron chi connectivity index (χ0n) is 10.3. The molecule has 1 fully saturated rings. The Balaban J connectivity index is 2.06. The summed E-state index contributed by atoms with van der Waals surface area (Å²) in [5, 5.41) is 8.31. The molecule has 0 spiro atoms. The van der Waals surface area contributed by atoms with Gasteiger partial charge in [0.2, 0.25) is 10.0 Å². The summed E-state index contributed by atoms with van der Waals surface area (Å²) in [6, 6.07) is 6.21. The Kier molecular flexibility index (Phi) is 3.89. The van der Waals surface area contributed by atoms with E-state index in [-0.39, 0.29) is 11.0 Å². The van der Waals surface area contributed by atoms with Gasteiger partial charge >= 0.3 is 0 Å². The number of piperidine rings is 1. The number of ether oxygens (including phenoxy) is 1. The highest BCUT2D eigenvalue weighted by molar-refractivity contribution is 7.89. The number of benzene rings is 1. The molecule has 6 heteroatoms. The summed E-state index contributed by atoms with van der Waals surface area (Å²) in [7, 11) is -3.63. The summed E-state index contributed by atoms with van der Waals surface area (Å²) in [5.74, 6) is 1.16. The fourth-order valence-corrected chi connectivity index (χ4v) is 2.52. The van der Waals surface area contributed by atoms with Gasteiger partial charge in [-0.05, 0) is 43.1 Å². The van der Waals surface area contributed by atoms with Crippen molar-refractivity contribution in [1.29, 1.82) is 0 Å². The summed E-state index contributed by atoms with van der Waals surface area (Å²) in [6.45, 7) is 3.99. The number of nitrogens with one attached hydrogen (secondary N) is 1. The highest BCUT2D eigenvalue weighted by atomic mass is 32.2. The molecule has 0 aliphatic carbocycles. The van der Waals surface area contributed by atoms with Gasteiger partial charge in [-0.2, -0.15) is 0 Å². The van der Waals surface area contributed by atoms with Crippen molar-refractivity contribution in [3.63, 3.8) is 0 Å². The third-order valence-corrected chi connectivity index (χ3v) is 4.13. The van der Waals surface area contributed by atoms with Crippen molar-refractivity contribution in [3.05, 3.63) is 24.3 Å². The molecule has 2 atom stereocenters. The molecule has 1 saturated heterocycles. The molecule has 0 radical (unpaired) electrons. The maximum absolute atomic E-state index is 11.1. The molecule has 18 heavy (non-hydrogen) atoms. The maximum Gasteiger partial charge on any atom is 0.238 e. The van der Waals surface area contributed by atoms with Crippen LogP contribution in [0.3, 0.4) is 0 Å². The molecule has 100 valence electrons. The quantitative estimate of drug-likeness (QED) is 0.847. The van der Waals surface area contributed by atoms with Crippen LogP contribution in [0.15, 0.2) is 29.2 Å². The van der Waals surface area contributed by atoms with E-state index in [4.69, 9.17) is 9.88 Å². The molecule has 1 aromatic carbocycles. The summed E-state index contributed by atoms with van der Waals surface area (Å²) < 4.78 is 28.1. The van der Waals surface area contributed by atoms with E-state index in [1.807, 2.05) is 0 Å². The topological polar surface area (TPSA) is 81.4 Å². The van der Waals surface area contributed by atoms with Crippen LogP contribution in [-0.4, -0.2) is 27.6 Å². The number of hydrogen-bond acceptors (Lipinski definition) is 4. The van der Waals surface area contributed by atoms with Crippen LogP contribution in [0, 0.1) is 5.92 Å². The number of rotatable bonds is 3. The Bertz CT molecular complexity index is 499. The molecular weight excluding hydrogens is 252 g/mol. The van der Waals surface area contributed by atoms with Crippen molar-refractivity contribution >= 4 is 10.0 Å². The molecule has 2 rings (SSSR count). The molecule has 0 saturated carbocycles. The molecule has 1 aliphatic heterocycles. The largest absolute Gasteiger partial charge is 0.489 e. The second kappa shape index (κ2) is 5.26. The predicted octanol–water partition coefficient (Wildman–Crippen LogP) is 0.711. The summed E-state index contributed by atoms with van der Waals surface area (Å²) in [6.07, 6.45) is 1.21. The van der Waals surface area contributed by atoms with Gasteiger partial charge in [0.25, 0.3) is 0 Å². The van der Waals surface area contributed by atoms with E-state index in [2.05, 4.69) is 12.2 Å². The Hall–Kier alpha value is -1.11. The van der Waals surface area contributed by atoms with Crippen molar-refractivity contribution in [1.82, 2.24) is 5.32 Å². The van der Waals surface area contributed by atoms with E-state index >= 15 is 0 Å². The minimum Gasteiger partial charge on any atom is -0.489 e. The maximum atomic E-state index is 11.1. The number of primary sulfonamides is 1. The standard InChI is InChI=1S/C12H18N2O3S/c1-9-6-7-14-8-12(9)17-10-2-4-11(5-3-10)18(13,15)16/h2-5,9,12,14H,6-8H2,1H3,(H2,13,15,16). The van der Waals surface area contributed by atoms with Crippen LogP contribution in [0.2, 0.25) is 0 Å². The molecular formula is C12H18N2O3S. The van der Waals surface area contributed by atoms with Gasteiger partial charge in [-0.1, -0.05) is 6.92 Å². The second-order valence-electron chi connectivity index (χ2n) is 4.64. The number of sulfonamides is 1. The fraction of sp³-hybridized carbons (Fsp3) is 0.500. The summed E-state index contributed by atoms with van der Waals surface area (Å²) in [4.78, 5) is 0.102. The number of hydrogen-bond donors (Lipinski definition) is 2. The molecule has 2 unspecified atom stereocenters. The van der Waals surface area contributed by atoms with Crippen LogP contribution in [0.25, 0.3) is 0 Å². The van der Waals surface area contributed by atoms with Gasteiger partial charge in [-0.15, -0.1) is 0 Å². The monoisotopic (exact) mass is 270 g/mol. The lowest BCUT2D eigenvalue weighted by Crippen LogP contribution is -2.42. The highest BCUT2D eigenvalue weighted by Gasteiger charge is 2.22. The SMILES string of the molecule is CC1CCNCC1Oc1ccc(S(N)(=O)=O)cc1. The van der Waals surface area contributed by atoms with E-state index in [1.54, 1.807) is 12.1 Å². The number of nitrogens with two attached hydrogens (primary N) is 1. The molecule has 5 nitrogen and oxygen atoms in total. The molecule has 1 aromatic rings. The van der Waals surface area contributed by atoms with Crippen molar-refractivity contribution in [2.45, 2.75) is 24.3 Å². The van der Waals surface area contributed by atoms with E-state index in [0.29, 0.717) is 11.7 Å². The normalized spacial score (nSPS) is 24.8. The van der Waals surface area contributed by atoms with Gasteiger partial charge < -0.3 is 10.1 Å². The first kappa shape index (κ1) is 13.3. The average molecular weight is 270 g/mol. The van der Waals surface area contributed by atoms with Crippen molar-refractivity contribution in [3.8, 4) is 5.75 Å². The van der Waals surface area contributed by atoms with Crippen LogP contribution in [0.5, 0.6) is 5.75 Å². The van der Waals surface area contributed by atoms with Gasteiger partial charge in [-0.25, -0.2) is 13.6 Å². The lowest BCUT2D eigenvalue weighted by atomic mass is 9.97. The molecule has 1 aliphatic rings. The minimum absolute atomic E-state index is 0.102. The van der Waals surface area contributed by atoms with E-state index in [0.717, 1.165) is 19.5 Å². The van der Waals surface area contributed by atoms with Crippen LogP contribution < -0.4 is 15.2 Å². The Morgan fingerprint density at radius 1 is 1.33 bits per heavy atom. The first-order valence-electron chi connectivity index (χ1n) is 5.97. The fourth-order valence-electron chi connectivity index (χ4n) is 2.00. The van der Waals surface area contributed by atoms with Crippen LogP contribution in [0.1, 0.15) is 13.3 Å². The average Bonchev–Trinajstić information content (AvgIpc) is 2.32. The first-order valence-corrected chi connectivity index (χ1v) is 7.51. The molecule has 0 aromatic heterocycles. The lowest BCUT2D eigenvalue weighted by molar-refractivity contribution is 0.115. The van der Waals surface area contributed by atoms with Crippen molar-refractivity contribution in [2.75, 3.05) is 13.1 Å². The molecule has 1 heterocycles. The van der Waals surface area contributed by atoms with E-state index < -0.39 is 10.0 Å². The Labute approximate surface area is 107 Å². The molecule has 0 amide bonds. The lowest BCUT2D eigenvalue weighted by Gasteiger charge is -2.30. The van der Waals surface area contributed by atoms with E-state index in [1.165, 1.54) is 12.1 Å². The predicted molar refractivity (Wildman–Crippen MR) is 68.9 cm³/mol. The third kappa shape index (κ3) is 3.22. The van der Waals surface area contributed by atoms with Crippen LogP contribution >= 0.6 is 0 Å². The van der Waals surface area contributed by atoms with Crippen LogP contribution in [-0.2, 0) is 10.0 Å². The molecule has 3 N–H and O–H groups in total. The minimum atomic E-state index is -3.63. The van der Waals surface area contributed by atoms with Gasteiger partial charge in [-0.3, -0.25) is 0 Å².